The number of aryl methyl sites for hydroxylation is 2. The Labute approximate surface area is 192 Å². The molecule has 0 saturated heterocycles. The zero-order chi connectivity index (χ0) is 23.7. The molecular weight excluding hydrogens is 446 g/mol. The molecule has 1 amide bonds. The molecule has 0 spiro atoms. The van der Waals surface area contributed by atoms with Crippen LogP contribution in [0.3, 0.4) is 0 Å². The van der Waals surface area contributed by atoms with E-state index in [2.05, 4.69) is 15.4 Å². The first kappa shape index (κ1) is 22.5. The van der Waals surface area contributed by atoms with E-state index in [0.717, 1.165) is 10.4 Å². The summed E-state index contributed by atoms with van der Waals surface area (Å²) in [6.45, 7) is 5.20. The molecule has 1 N–H and O–H groups in total. The molecule has 2 aromatic carbocycles. The number of benzene rings is 2. The van der Waals surface area contributed by atoms with Gasteiger partial charge in [0.15, 0.2) is 5.69 Å². The summed E-state index contributed by atoms with van der Waals surface area (Å²) in [5.74, 6) is -1.53. The van der Waals surface area contributed by atoms with E-state index in [9.17, 15) is 18.4 Å². The van der Waals surface area contributed by atoms with Crippen molar-refractivity contribution in [1.29, 1.82) is 0 Å². The largest absolute Gasteiger partial charge is 0.343 e. The number of aromatic nitrogens is 3. The maximum Gasteiger partial charge on any atom is 0.276 e. The highest BCUT2D eigenvalue weighted by Gasteiger charge is 2.22. The molecule has 0 saturated carbocycles. The minimum atomic E-state index is -0.672. The molecule has 33 heavy (non-hydrogen) atoms. The molecule has 2 heterocycles. The molecule has 0 radical (unpaired) electrons. The molecule has 0 fully saturated rings. The third kappa shape index (κ3) is 4.58. The number of nitrogens with zero attached hydrogens (tertiary/aromatic N) is 3. The molecule has 1 unspecified atom stereocenters. The van der Waals surface area contributed by atoms with Gasteiger partial charge in [-0.1, -0.05) is 12.1 Å². The molecule has 2 aromatic heterocycles. The number of amides is 1. The Bertz CT molecular complexity index is 1400. The van der Waals surface area contributed by atoms with E-state index in [1.54, 1.807) is 38.1 Å². The van der Waals surface area contributed by atoms with Gasteiger partial charge >= 0.3 is 0 Å². The predicted octanol–water partition coefficient (Wildman–Crippen LogP) is 4.74. The lowest BCUT2D eigenvalue weighted by Crippen LogP contribution is -2.33. The van der Waals surface area contributed by atoms with Crippen LogP contribution in [0, 0.1) is 25.5 Å². The number of halogens is 2. The van der Waals surface area contributed by atoms with Crippen molar-refractivity contribution in [2.45, 2.75) is 26.8 Å². The van der Waals surface area contributed by atoms with Crippen LogP contribution in [0.2, 0.25) is 0 Å². The number of thiazole rings is 1. The molecule has 6 nitrogen and oxygen atoms in total. The minimum absolute atomic E-state index is 0.138. The highest BCUT2D eigenvalue weighted by Crippen LogP contribution is 2.32. The standard InChI is InChI=1S/C24H20F2N4O2S/c1-13-12-20(31)21(29-30(13)19-7-5-4-6-18(19)26)23(32)27-14(2)22-15(3)28-24(33-22)16-8-10-17(25)11-9-16/h4-12,14H,1-3H3,(H,27,32). The van der Waals surface area contributed by atoms with Crippen LogP contribution in [-0.2, 0) is 0 Å². The van der Waals surface area contributed by atoms with Crippen LogP contribution in [0.25, 0.3) is 16.3 Å². The average molecular weight is 467 g/mol. The predicted molar refractivity (Wildman–Crippen MR) is 123 cm³/mol. The monoisotopic (exact) mass is 466 g/mol. The van der Waals surface area contributed by atoms with E-state index in [1.165, 1.54) is 46.4 Å². The molecule has 0 aliphatic rings. The molecule has 9 heteroatoms. The summed E-state index contributed by atoms with van der Waals surface area (Å²) in [6, 6.07) is 12.8. The lowest BCUT2D eigenvalue weighted by Gasteiger charge is -2.14. The van der Waals surface area contributed by atoms with Gasteiger partial charge in [0.05, 0.1) is 16.6 Å². The minimum Gasteiger partial charge on any atom is -0.343 e. The quantitative estimate of drug-likeness (QED) is 0.461. The smallest absolute Gasteiger partial charge is 0.276 e. The Kier molecular flexibility index (Phi) is 6.15. The first-order chi connectivity index (χ1) is 15.7. The van der Waals surface area contributed by atoms with Crippen molar-refractivity contribution in [1.82, 2.24) is 20.1 Å². The fourth-order valence-corrected chi connectivity index (χ4v) is 4.50. The SMILES string of the molecule is Cc1nc(-c2ccc(F)cc2)sc1C(C)NC(=O)c1nn(-c2ccccc2F)c(C)cc1=O. The van der Waals surface area contributed by atoms with E-state index >= 15 is 0 Å². The van der Waals surface area contributed by atoms with E-state index in [4.69, 9.17) is 0 Å². The third-order valence-corrected chi connectivity index (χ3v) is 6.46. The van der Waals surface area contributed by atoms with Crippen molar-refractivity contribution in [3.05, 3.63) is 98.4 Å². The zero-order valence-electron chi connectivity index (χ0n) is 18.1. The Morgan fingerprint density at radius 2 is 1.79 bits per heavy atom. The van der Waals surface area contributed by atoms with Gasteiger partial charge in [0, 0.05) is 17.3 Å². The summed E-state index contributed by atoms with van der Waals surface area (Å²) in [6.07, 6.45) is 0. The number of para-hydroxylation sites is 1. The van der Waals surface area contributed by atoms with Crippen molar-refractivity contribution in [3.8, 4) is 16.3 Å². The van der Waals surface area contributed by atoms with Gasteiger partial charge in [0.2, 0.25) is 5.43 Å². The van der Waals surface area contributed by atoms with Gasteiger partial charge in [0.1, 0.15) is 22.3 Å². The van der Waals surface area contributed by atoms with Gasteiger partial charge in [-0.2, -0.15) is 5.10 Å². The summed E-state index contributed by atoms with van der Waals surface area (Å²) in [7, 11) is 0. The number of hydrogen-bond acceptors (Lipinski definition) is 5. The average Bonchev–Trinajstić information content (AvgIpc) is 3.16. The van der Waals surface area contributed by atoms with Crippen LogP contribution in [-0.4, -0.2) is 20.7 Å². The van der Waals surface area contributed by atoms with Gasteiger partial charge in [-0.15, -0.1) is 11.3 Å². The first-order valence-electron chi connectivity index (χ1n) is 10.1. The Balaban J connectivity index is 1.61. The van der Waals surface area contributed by atoms with E-state index < -0.39 is 23.2 Å². The molecule has 0 bridgehead atoms. The number of rotatable bonds is 5. The van der Waals surface area contributed by atoms with Crippen molar-refractivity contribution in [3.63, 3.8) is 0 Å². The van der Waals surface area contributed by atoms with Crippen LogP contribution < -0.4 is 10.7 Å². The van der Waals surface area contributed by atoms with Gasteiger partial charge in [-0.05, 0) is 57.2 Å². The number of carbonyl (C=O) groups is 1. The second kappa shape index (κ2) is 9.03. The maximum absolute atomic E-state index is 14.3. The summed E-state index contributed by atoms with van der Waals surface area (Å²) >= 11 is 1.37. The number of hydrogen-bond donors (Lipinski definition) is 1. The second-order valence-electron chi connectivity index (χ2n) is 7.53. The highest BCUT2D eigenvalue weighted by atomic mass is 32.1. The van der Waals surface area contributed by atoms with Crippen LogP contribution in [0.5, 0.6) is 0 Å². The summed E-state index contributed by atoms with van der Waals surface area (Å²) < 4.78 is 28.7. The summed E-state index contributed by atoms with van der Waals surface area (Å²) in [5, 5.41) is 7.61. The van der Waals surface area contributed by atoms with Gasteiger partial charge in [-0.3, -0.25) is 9.59 Å². The normalized spacial score (nSPS) is 11.9. The highest BCUT2D eigenvalue weighted by molar-refractivity contribution is 7.15. The number of carbonyl (C=O) groups excluding carboxylic acids is 1. The second-order valence-corrected chi connectivity index (χ2v) is 8.56. The Morgan fingerprint density at radius 1 is 1.09 bits per heavy atom. The molecular formula is C24H20F2N4O2S. The summed E-state index contributed by atoms with van der Waals surface area (Å²) in [4.78, 5) is 30.7. The Hall–Kier alpha value is -3.72. The molecule has 168 valence electrons. The van der Waals surface area contributed by atoms with E-state index in [-0.39, 0.29) is 17.2 Å². The molecule has 0 aliphatic heterocycles. The zero-order valence-corrected chi connectivity index (χ0v) is 18.9. The fourth-order valence-electron chi connectivity index (χ4n) is 3.43. The third-order valence-electron chi connectivity index (χ3n) is 5.07. The van der Waals surface area contributed by atoms with Crippen molar-refractivity contribution >= 4 is 17.2 Å². The van der Waals surface area contributed by atoms with Crippen LogP contribution >= 0.6 is 11.3 Å². The molecule has 4 aromatic rings. The Morgan fingerprint density at radius 3 is 2.48 bits per heavy atom. The summed E-state index contributed by atoms with van der Waals surface area (Å²) in [5.41, 5.74) is 1.13. The fraction of sp³-hybridized carbons (Fsp3) is 0.167. The molecule has 4 rings (SSSR count). The van der Waals surface area contributed by atoms with Crippen molar-refractivity contribution in [2.24, 2.45) is 0 Å². The van der Waals surface area contributed by atoms with Gasteiger partial charge in [0.25, 0.3) is 5.91 Å². The maximum atomic E-state index is 14.3. The van der Waals surface area contributed by atoms with Crippen molar-refractivity contribution < 1.29 is 13.6 Å². The molecule has 0 aliphatic carbocycles. The van der Waals surface area contributed by atoms with Crippen LogP contribution in [0.1, 0.15) is 39.7 Å². The van der Waals surface area contributed by atoms with E-state index in [1.807, 2.05) is 6.92 Å². The topological polar surface area (TPSA) is 76.9 Å². The lowest BCUT2D eigenvalue weighted by atomic mass is 10.2. The van der Waals surface area contributed by atoms with Crippen molar-refractivity contribution in [2.75, 3.05) is 0 Å². The van der Waals surface area contributed by atoms with Gasteiger partial charge in [-0.25, -0.2) is 18.4 Å². The van der Waals surface area contributed by atoms with Crippen LogP contribution in [0.15, 0.2) is 59.4 Å². The molecule has 1 atom stereocenters. The van der Waals surface area contributed by atoms with Crippen LogP contribution in [0.4, 0.5) is 8.78 Å². The number of nitrogens with one attached hydrogen (secondary N) is 1. The van der Waals surface area contributed by atoms with E-state index in [0.29, 0.717) is 16.4 Å². The lowest BCUT2D eigenvalue weighted by molar-refractivity contribution is 0.0932. The van der Waals surface area contributed by atoms with Gasteiger partial charge < -0.3 is 5.32 Å². The first-order valence-corrected chi connectivity index (χ1v) is 11.0.